The second-order valence-corrected chi connectivity index (χ2v) is 9.22. The fourth-order valence-corrected chi connectivity index (χ4v) is 4.95. The number of carbonyl (C=O) groups is 2. The third-order valence-electron chi connectivity index (χ3n) is 5.38. The van der Waals surface area contributed by atoms with Gasteiger partial charge in [0.05, 0.1) is 4.90 Å². The van der Waals surface area contributed by atoms with Crippen LogP contribution in [0.2, 0.25) is 0 Å². The van der Waals surface area contributed by atoms with Gasteiger partial charge in [0.2, 0.25) is 21.8 Å². The molecule has 154 valence electrons. The molecule has 2 aliphatic rings. The lowest BCUT2D eigenvalue weighted by Crippen LogP contribution is -2.51. The van der Waals surface area contributed by atoms with E-state index >= 15 is 0 Å². The first-order chi connectivity index (χ1) is 13.4. The van der Waals surface area contributed by atoms with Crippen LogP contribution in [0, 0.1) is 0 Å². The molecule has 0 aliphatic carbocycles. The van der Waals surface area contributed by atoms with Gasteiger partial charge in [-0.15, -0.1) is 0 Å². The van der Waals surface area contributed by atoms with Crippen molar-refractivity contribution in [2.24, 2.45) is 0 Å². The summed E-state index contributed by atoms with van der Waals surface area (Å²) in [5.41, 5.74) is 0. The normalized spacial score (nSPS) is 19.6. The molecule has 0 aromatic heterocycles. The standard InChI is InChI=1S/C19H28N4O4S/c1-20-9-11-21(12-10-20)18(24)7-8-19(25)22-13-15-23(16-14-22)28(26,27)17-5-3-2-4-6-17/h2-6H,7-16H2,1H3. The Bertz CT molecular complexity index is 783. The largest absolute Gasteiger partial charge is 0.340 e. The lowest BCUT2D eigenvalue weighted by Gasteiger charge is -2.34. The highest BCUT2D eigenvalue weighted by Crippen LogP contribution is 2.17. The Labute approximate surface area is 166 Å². The molecule has 0 saturated carbocycles. The summed E-state index contributed by atoms with van der Waals surface area (Å²) in [6.07, 6.45) is 0.391. The van der Waals surface area contributed by atoms with Crippen molar-refractivity contribution >= 4 is 21.8 Å². The Morgan fingerprint density at radius 1 is 0.786 bits per heavy atom. The van der Waals surface area contributed by atoms with E-state index in [0.29, 0.717) is 26.2 Å². The van der Waals surface area contributed by atoms with Crippen molar-refractivity contribution in [1.82, 2.24) is 19.0 Å². The first-order valence-electron chi connectivity index (χ1n) is 9.67. The van der Waals surface area contributed by atoms with Crippen LogP contribution in [0.15, 0.2) is 35.2 Å². The highest BCUT2D eigenvalue weighted by Gasteiger charge is 2.30. The van der Waals surface area contributed by atoms with Gasteiger partial charge in [-0.25, -0.2) is 8.42 Å². The molecular formula is C19H28N4O4S. The Hall–Kier alpha value is -1.97. The molecule has 2 aliphatic heterocycles. The monoisotopic (exact) mass is 408 g/mol. The number of hydrogen-bond donors (Lipinski definition) is 0. The van der Waals surface area contributed by atoms with Crippen LogP contribution >= 0.6 is 0 Å². The number of hydrogen-bond acceptors (Lipinski definition) is 5. The summed E-state index contributed by atoms with van der Waals surface area (Å²) in [5.74, 6) is -0.0639. The van der Waals surface area contributed by atoms with Gasteiger partial charge in [-0.3, -0.25) is 9.59 Å². The van der Waals surface area contributed by atoms with Crippen molar-refractivity contribution in [2.45, 2.75) is 17.7 Å². The minimum absolute atomic E-state index is 0.0201. The van der Waals surface area contributed by atoms with Gasteiger partial charge < -0.3 is 14.7 Å². The average molecular weight is 409 g/mol. The SMILES string of the molecule is CN1CCN(C(=O)CCC(=O)N2CCN(S(=O)(=O)c3ccccc3)CC2)CC1. The molecule has 3 rings (SSSR count). The molecule has 1 aromatic rings. The molecule has 9 heteroatoms. The molecule has 0 atom stereocenters. The number of nitrogens with zero attached hydrogens (tertiary/aromatic N) is 4. The lowest BCUT2D eigenvalue weighted by molar-refractivity contribution is -0.138. The third-order valence-corrected chi connectivity index (χ3v) is 7.29. The van der Waals surface area contributed by atoms with Crippen LogP contribution in [0.25, 0.3) is 0 Å². The molecule has 8 nitrogen and oxygen atoms in total. The molecule has 2 amide bonds. The van der Waals surface area contributed by atoms with Crippen molar-refractivity contribution in [3.8, 4) is 0 Å². The van der Waals surface area contributed by atoms with E-state index < -0.39 is 10.0 Å². The quantitative estimate of drug-likeness (QED) is 0.689. The smallest absolute Gasteiger partial charge is 0.243 e. The van der Waals surface area contributed by atoms with Gasteiger partial charge in [-0.2, -0.15) is 4.31 Å². The van der Waals surface area contributed by atoms with Crippen molar-refractivity contribution < 1.29 is 18.0 Å². The summed E-state index contributed by atoms with van der Waals surface area (Å²) in [6, 6.07) is 8.33. The van der Waals surface area contributed by atoms with Crippen molar-refractivity contribution in [3.05, 3.63) is 30.3 Å². The van der Waals surface area contributed by atoms with E-state index in [2.05, 4.69) is 4.90 Å². The number of sulfonamides is 1. The number of likely N-dealkylation sites (N-methyl/N-ethyl adjacent to an activating group) is 1. The number of carbonyl (C=O) groups excluding carboxylic acids is 2. The maximum absolute atomic E-state index is 12.6. The molecule has 0 N–H and O–H groups in total. The predicted molar refractivity (Wildman–Crippen MR) is 105 cm³/mol. The predicted octanol–water partition coefficient (Wildman–Crippen LogP) is 0.0737. The Morgan fingerprint density at radius 3 is 1.75 bits per heavy atom. The maximum atomic E-state index is 12.6. The Kier molecular flexibility index (Phi) is 6.69. The van der Waals surface area contributed by atoms with E-state index in [1.54, 1.807) is 35.2 Å². The van der Waals surface area contributed by atoms with E-state index in [1.165, 1.54) is 4.31 Å². The van der Waals surface area contributed by atoms with E-state index in [9.17, 15) is 18.0 Å². The fourth-order valence-electron chi connectivity index (χ4n) is 3.51. The summed E-state index contributed by atoms with van der Waals surface area (Å²) in [4.78, 5) is 30.7. The third kappa shape index (κ3) is 4.89. The molecule has 0 spiro atoms. The molecule has 0 unspecified atom stereocenters. The average Bonchev–Trinajstić information content (AvgIpc) is 2.73. The fraction of sp³-hybridized carbons (Fsp3) is 0.579. The van der Waals surface area contributed by atoms with Crippen LogP contribution in [0.1, 0.15) is 12.8 Å². The minimum Gasteiger partial charge on any atom is -0.340 e. The molecule has 2 saturated heterocycles. The summed E-state index contributed by atoms with van der Waals surface area (Å²) in [6.45, 7) is 4.39. The van der Waals surface area contributed by atoms with Gasteiger partial charge in [-0.05, 0) is 19.2 Å². The number of amides is 2. The molecule has 28 heavy (non-hydrogen) atoms. The van der Waals surface area contributed by atoms with Crippen molar-refractivity contribution in [3.63, 3.8) is 0 Å². The summed E-state index contributed by atoms with van der Waals surface area (Å²) >= 11 is 0. The van der Waals surface area contributed by atoms with E-state index in [1.807, 2.05) is 11.9 Å². The van der Waals surface area contributed by atoms with Crippen LogP contribution < -0.4 is 0 Å². The zero-order valence-corrected chi connectivity index (χ0v) is 17.1. The zero-order chi connectivity index (χ0) is 20.1. The van der Waals surface area contributed by atoms with Crippen LogP contribution in [0.5, 0.6) is 0 Å². The van der Waals surface area contributed by atoms with Crippen LogP contribution in [-0.4, -0.2) is 98.6 Å². The molecular weight excluding hydrogens is 380 g/mol. The van der Waals surface area contributed by atoms with Crippen LogP contribution in [0.3, 0.4) is 0 Å². The topological polar surface area (TPSA) is 81.2 Å². The summed E-state index contributed by atoms with van der Waals surface area (Å²) in [5, 5.41) is 0. The van der Waals surface area contributed by atoms with Crippen LogP contribution in [0.4, 0.5) is 0 Å². The first-order valence-corrected chi connectivity index (χ1v) is 11.1. The van der Waals surface area contributed by atoms with Crippen LogP contribution in [-0.2, 0) is 19.6 Å². The van der Waals surface area contributed by atoms with E-state index in [4.69, 9.17) is 0 Å². The van der Waals surface area contributed by atoms with Crippen molar-refractivity contribution in [1.29, 1.82) is 0 Å². The molecule has 2 heterocycles. The van der Waals surface area contributed by atoms with Crippen molar-refractivity contribution in [2.75, 3.05) is 59.4 Å². The van der Waals surface area contributed by atoms with Gasteiger partial charge in [0.25, 0.3) is 0 Å². The summed E-state index contributed by atoms with van der Waals surface area (Å²) in [7, 11) is -1.49. The molecule has 1 aromatic carbocycles. The minimum atomic E-state index is -3.53. The van der Waals surface area contributed by atoms with Gasteiger partial charge in [0.15, 0.2) is 0 Å². The molecule has 0 bridgehead atoms. The van der Waals surface area contributed by atoms with Gasteiger partial charge >= 0.3 is 0 Å². The highest BCUT2D eigenvalue weighted by molar-refractivity contribution is 7.89. The second kappa shape index (κ2) is 9.02. The molecule has 0 radical (unpaired) electrons. The van der Waals surface area contributed by atoms with Gasteiger partial charge in [0, 0.05) is 65.2 Å². The lowest BCUT2D eigenvalue weighted by atomic mass is 10.2. The number of benzene rings is 1. The molecule has 2 fully saturated rings. The number of rotatable bonds is 5. The highest BCUT2D eigenvalue weighted by atomic mass is 32.2. The summed E-state index contributed by atoms with van der Waals surface area (Å²) < 4.78 is 26.7. The Balaban J connectivity index is 1.46. The van der Waals surface area contributed by atoms with Gasteiger partial charge in [0.1, 0.15) is 0 Å². The van der Waals surface area contributed by atoms with Gasteiger partial charge in [-0.1, -0.05) is 18.2 Å². The second-order valence-electron chi connectivity index (χ2n) is 7.28. The number of piperazine rings is 2. The zero-order valence-electron chi connectivity index (χ0n) is 16.3. The first kappa shape index (κ1) is 20.8. The Morgan fingerprint density at radius 2 is 1.25 bits per heavy atom. The maximum Gasteiger partial charge on any atom is 0.243 e. The van der Waals surface area contributed by atoms with E-state index in [0.717, 1.165) is 13.1 Å². The van der Waals surface area contributed by atoms with E-state index in [-0.39, 0.29) is 42.6 Å².